The van der Waals surface area contributed by atoms with E-state index in [1.807, 2.05) is 6.92 Å². The lowest BCUT2D eigenvalue weighted by Gasteiger charge is -2.15. The van der Waals surface area contributed by atoms with E-state index < -0.39 is 28.5 Å². The summed E-state index contributed by atoms with van der Waals surface area (Å²) in [5.41, 5.74) is 9.75. The van der Waals surface area contributed by atoms with E-state index in [2.05, 4.69) is 15.7 Å². The lowest BCUT2D eigenvalue weighted by atomic mass is 10.0. The van der Waals surface area contributed by atoms with Crippen molar-refractivity contribution >= 4 is 34.4 Å². The average molecular weight is 482 g/mol. The zero-order valence-electron chi connectivity index (χ0n) is 17.5. The zero-order chi connectivity index (χ0) is 24.1. The van der Waals surface area contributed by atoms with Gasteiger partial charge in [0.25, 0.3) is 0 Å². The van der Waals surface area contributed by atoms with Crippen LogP contribution >= 0.6 is 11.3 Å². The number of halogens is 3. The fourth-order valence-corrected chi connectivity index (χ4v) is 4.22. The van der Waals surface area contributed by atoms with Crippen LogP contribution in [0.2, 0.25) is 0 Å². The van der Waals surface area contributed by atoms with Crippen LogP contribution in [0.5, 0.6) is 0 Å². The van der Waals surface area contributed by atoms with Crippen LogP contribution in [0.3, 0.4) is 0 Å². The third kappa shape index (κ3) is 6.95. The Morgan fingerprint density at radius 2 is 1.90 bits per heavy atom. The molecular formula is C18H26F3N5O3S2. The molecule has 1 aliphatic rings. The SMILES string of the molecule is CC(C)(O)c1ncc(S(N)=O)s1.Cc1c(C(F)(F)F)nc2c(c1N)CCC2C.NC=O. The number of carbonyl (C=O) groups is 1. The number of hydrogen-bond acceptors (Lipinski definition) is 7. The number of nitrogens with two attached hydrogens (primary N) is 3. The van der Waals surface area contributed by atoms with E-state index in [-0.39, 0.29) is 23.6 Å². The van der Waals surface area contributed by atoms with Crippen molar-refractivity contribution in [2.24, 2.45) is 10.9 Å². The number of alkyl halides is 3. The van der Waals surface area contributed by atoms with E-state index in [1.54, 1.807) is 13.8 Å². The van der Waals surface area contributed by atoms with Crippen LogP contribution in [0.4, 0.5) is 18.9 Å². The number of hydrogen-bond donors (Lipinski definition) is 4. The van der Waals surface area contributed by atoms with E-state index in [0.29, 0.717) is 14.9 Å². The molecule has 0 aliphatic heterocycles. The Labute approximate surface area is 184 Å². The Bertz CT molecular complexity index is 943. The third-order valence-corrected chi connectivity index (χ3v) is 6.74. The van der Waals surface area contributed by atoms with Crippen molar-refractivity contribution < 1.29 is 27.3 Å². The van der Waals surface area contributed by atoms with Gasteiger partial charge in [0.2, 0.25) is 6.41 Å². The minimum atomic E-state index is -4.42. The summed E-state index contributed by atoms with van der Waals surface area (Å²) in [5.74, 6) is 0.0685. The van der Waals surface area contributed by atoms with Crippen molar-refractivity contribution in [3.63, 3.8) is 0 Å². The van der Waals surface area contributed by atoms with Gasteiger partial charge in [-0.1, -0.05) is 6.92 Å². The number of carbonyl (C=O) groups excluding carboxylic acids is 1. The second-order valence-corrected chi connectivity index (χ2v) is 9.60. The molecule has 2 aromatic rings. The quantitative estimate of drug-likeness (QED) is 0.482. The molecule has 2 aromatic heterocycles. The van der Waals surface area contributed by atoms with E-state index >= 15 is 0 Å². The van der Waals surface area contributed by atoms with Gasteiger partial charge in [0.15, 0.2) is 0 Å². The van der Waals surface area contributed by atoms with E-state index in [9.17, 15) is 22.5 Å². The Morgan fingerprint density at radius 3 is 2.29 bits per heavy atom. The number of thiazole rings is 1. The molecule has 0 radical (unpaired) electrons. The van der Waals surface area contributed by atoms with Crippen molar-refractivity contribution in [1.82, 2.24) is 9.97 Å². The molecule has 0 saturated heterocycles. The van der Waals surface area contributed by atoms with Gasteiger partial charge >= 0.3 is 6.18 Å². The van der Waals surface area contributed by atoms with Gasteiger partial charge in [-0.2, -0.15) is 13.2 Å². The van der Waals surface area contributed by atoms with Crippen LogP contribution in [0, 0.1) is 6.92 Å². The summed E-state index contributed by atoms with van der Waals surface area (Å²) in [5, 5.41) is 15.1. The lowest BCUT2D eigenvalue weighted by Crippen LogP contribution is -2.15. The Kier molecular flexibility index (Phi) is 9.11. The van der Waals surface area contributed by atoms with Crippen LogP contribution in [-0.2, 0) is 34.0 Å². The molecule has 13 heteroatoms. The van der Waals surface area contributed by atoms with Gasteiger partial charge in [-0.15, -0.1) is 11.3 Å². The third-order valence-electron chi connectivity index (χ3n) is 4.39. The summed E-state index contributed by atoms with van der Waals surface area (Å²) in [7, 11) is -1.50. The second kappa shape index (κ2) is 10.5. The van der Waals surface area contributed by atoms with E-state index in [4.69, 9.17) is 15.7 Å². The molecule has 8 nitrogen and oxygen atoms in total. The van der Waals surface area contributed by atoms with Crippen LogP contribution in [0.1, 0.15) is 60.6 Å². The van der Waals surface area contributed by atoms with Crippen LogP contribution < -0.4 is 16.6 Å². The summed E-state index contributed by atoms with van der Waals surface area (Å²) < 4.78 is 49.4. The standard InChI is InChI=1S/C11H13F3N2.C6H10N2O2S2.CH3NO/c1-5-3-4-7-8(15)6(2)10(11(12,13)14)16-9(5)7;1-6(2,9)5-8-3-4(11-5)12(7)10;2-1-3/h5H,3-4H2,1-2H3,(H2,15,16);3,9H,7H2,1-2H3;1H,(H2,2,3). The minimum absolute atomic E-state index is 0.0559. The van der Waals surface area contributed by atoms with Crippen molar-refractivity contribution in [2.45, 2.75) is 62.4 Å². The van der Waals surface area contributed by atoms with Crippen LogP contribution in [0.25, 0.3) is 0 Å². The molecule has 3 rings (SSSR count). The summed E-state index contributed by atoms with van der Waals surface area (Å²) in [6.45, 7) is 6.51. The number of anilines is 1. The number of fused-ring (bicyclic) bond motifs is 1. The minimum Gasteiger partial charge on any atom is -0.398 e. The number of aromatic nitrogens is 2. The van der Waals surface area contributed by atoms with Crippen molar-refractivity contribution in [1.29, 1.82) is 0 Å². The highest BCUT2D eigenvalue weighted by Crippen LogP contribution is 2.41. The molecule has 7 N–H and O–H groups in total. The maximum Gasteiger partial charge on any atom is 0.433 e. The smallest absolute Gasteiger partial charge is 0.398 e. The Balaban J connectivity index is 0.000000285. The Hall–Kier alpha value is -2.09. The zero-order valence-corrected chi connectivity index (χ0v) is 19.1. The molecule has 1 amide bonds. The molecule has 174 valence electrons. The fourth-order valence-electron chi connectivity index (χ4n) is 2.84. The summed E-state index contributed by atoms with van der Waals surface area (Å²) >= 11 is 1.16. The highest BCUT2D eigenvalue weighted by Gasteiger charge is 2.38. The number of aliphatic hydroxyl groups is 1. The number of pyridine rings is 1. The summed E-state index contributed by atoms with van der Waals surface area (Å²) in [6, 6.07) is 0. The van der Waals surface area contributed by atoms with Gasteiger partial charge < -0.3 is 16.6 Å². The molecule has 0 saturated carbocycles. The maximum absolute atomic E-state index is 12.7. The van der Waals surface area contributed by atoms with Gasteiger partial charge in [-0.25, -0.2) is 19.3 Å². The molecule has 31 heavy (non-hydrogen) atoms. The summed E-state index contributed by atoms with van der Waals surface area (Å²) in [4.78, 5) is 16.2. The monoisotopic (exact) mass is 481 g/mol. The molecule has 0 bridgehead atoms. The number of primary amides is 1. The normalized spacial score (nSPS) is 16.4. The molecule has 0 fully saturated rings. The van der Waals surface area contributed by atoms with Gasteiger partial charge in [0.05, 0.1) is 6.20 Å². The molecule has 2 atom stereocenters. The predicted octanol–water partition coefficient (Wildman–Crippen LogP) is 2.49. The lowest BCUT2D eigenvalue weighted by molar-refractivity contribution is -0.141. The highest BCUT2D eigenvalue weighted by atomic mass is 32.2. The van der Waals surface area contributed by atoms with E-state index in [1.165, 1.54) is 13.1 Å². The van der Waals surface area contributed by atoms with E-state index in [0.717, 1.165) is 29.7 Å². The van der Waals surface area contributed by atoms with Crippen LogP contribution in [0.15, 0.2) is 10.4 Å². The highest BCUT2D eigenvalue weighted by molar-refractivity contribution is 7.85. The average Bonchev–Trinajstić information content (AvgIpc) is 3.26. The first-order chi connectivity index (χ1) is 14.1. The Morgan fingerprint density at radius 1 is 1.35 bits per heavy atom. The van der Waals surface area contributed by atoms with Crippen LogP contribution in [-0.4, -0.2) is 25.7 Å². The molecule has 2 heterocycles. The van der Waals surface area contributed by atoms with Gasteiger partial charge in [-0.05, 0) is 45.1 Å². The maximum atomic E-state index is 12.7. The molecule has 0 aromatic carbocycles. The largest absolute Gasteiger partial charge is 0.433 e. The predicted molar refractivity (Wildman–Crippen MR) is 113 cm³/mol. The van der Waals surface area contributed by atoms with Gasteiger partial charge in [0.1, 0.15) is 31.5 Å². The number of nitrogen functional groups attached to an aromatic ring is 1. The number of amides is 1. The van der Waals surface area contributed by atoms with Gasteiger partial charge in [0, 0.05) is 16.9 Å². The van der Waals surface area contributed by atoms with Crippen molar-refractivity contribution in [3.8, 4) is 0 Å². The molecule has 0 spiro atoms. The number of nitrogens with zero attached hydrogens (tertiary/aromatic N) is 2. The van der Waals surface area contributed by atoms with Crippen molar-refractivity contribution in [2.75, 3.05) is 5.73 Å². The molecular weight excluding hydrogens is 455 g/mol. The van der Waals surface area contributed by atoms with Crippen molar-refractivity contribution in [3.05, 3.63) is 33.7 Å². The number of rotatable bonds is 2. The topological polar surface area (TPSA) is 158 Å². The first kappa shape index (κ1) is 26.9. The fraction of sp³-hybridized carbons (Fsp3) is 0.500. The molecule has 1 aliphatic carbocycles. The first-order valence-corrected chi connectivity index (χ1v) is 11.0. The summed E-state index contributed by atoms with van der Waals surface area (Å²) in [6.07, 6.45) is -1.19. The first-order valence-electron chi connectivity index (χ1n) is 9.01. The van der Waals surface area contributed by atoms with Gasteiger partial charge in [-0.3, -0.25) is 4.79 Å². The second-order valence-electron chi connectivity index (χ2n) is 7.28. The molecule has 2 unspecified atom stereocenters.